The van der Waals surface area contributed by atoms with E-state index in [9.17, 15) is 4.79 Å². The summed E-state index contributed by atoms with van der Waals surface area (Å²) < 4.78 is 1.64. The molecule has 1 aliphatic rings. The van der Waals surface area contributed by atoms with Gasteiger partial charge < -0.3 is 15.5 Å². The first-order valence-electron chi connectivity index (χ1n) is 7.80. The van der Waals surface area contributed by atoms with Crippen LogP contribution in [0.2, 0.25) is 0 Å². The fourth-order valence-electron chi connectivity index (χ4n) is 3.11. The minimum absolute atomic E-state index is 0.0179. The maximum atomic E-state index is 13.0. The molecule has 0 aliphatic carbocycles. The number of nitrogens with zero attached hydrogens (tertiary/aromatic N) is 4. The molecule has 1 amide bonds. The molecule has 1 aromatic rings. The van der Waals surface area contributed by atoms with E-state index >= 15 is 0 Å². The van der Waals surface area contributed by atoms with Crippen LogP contribution in [0.3, 0.4) is 0 Å². The van der Waals surface area contributed by atoms with Crippen molar-refractivity contribution in [2.45, 2.75) is 39.2 Å². The zero-order valence-electron chi connectivity index (χ0n) is 13.6. The van der Waals surface area contributed by atoms with Crippen LogP contribution in [-0.4, -0.2) is 58.2 Å². The van der Waals surface area contributed by atoms with Crippen molar-refractivity contribution < 1.29 is 4.79 Å². The van der Waals surface area contributed by atoms with E-state index < -0.39 is 0 Å². The number of nitrogens with two attached hydrogens (primary N) is 1. The summed E-state index contributed by atoms with van der Waals surface area (Å²) in [4.78, 5) is 17.2. The molecule has 2 heterocycles. The highest BCUT2D eigenvalue weighted by atomic mass is 16.2. The van der Waals surface area contributed by atoms with E-state index in [0.717, 1.165) is 44.6 Å². The molecule has 1 aliphatic heterocycles. The van der Waals surface area contributed by atoms with Gasteiger partial charge in [0.1, 0.15) is 5.69 Å². The van der Waals surface area contributed by atoms with Gasteiger partial charge in [-0.1, -0.05) is 13.8 Å². The zero-order chi connectivity index (χ0) is 15.6. The highest BCUT2D eigenvalue weighted by Gasteiger charge is 2.30. The van der Waals surface area contributed by atoms with Crippen molar-refractivity contribution in [3.05, 3.63) is 11.4 Å². The number of likely N-dealkylation sites (N-methyl/N-ethyl adjacent to an activating group) is 1. The van der Waals surface area contributed by atoms with Crippen LogP contribution < -0.4 is 5.73 Å². The summed E-state index contributed by atoms with van der Waals surface area (Å²) in [7, 11) is 3.91. The number of carbonyl (C=O) groups excluding carboxylic acids is 1. The number of carbonyl (C=O) groups is 1. The third kappa shape index (κ3) is 3.05. The lowest BCUT2D eigenvalue weighted by Crippen LogP contribution is -2.44. The van der Waals surface area contributed by atoms with Crippen LogP contribution in [0.5, 0.6) is 0 Å². The number of hydrogen-bond acceptors (Lipinski definition) is 4. The fourth-order valence-corrected chi connectivity index (χ4v) is 3.11. The van der Waals surface area contributed by atoms with E-state index in [1.165, 1.54) is 0 Å². The van der Waals surface area contributed by atoms with Crippen LogP contribution in [0.25, 0.3) is 0 Å². The lowest BCUT2D eigenvalue weighted by molar-refractivity contribution is 0.0665. The largest absolute Gasteiger partial charge is 0.395 e. The minimum atomic E-state index is 0.0179. The van der Waals surface area contributed by atoms with Gasteiger partial charge in [0.05, 0.1) is 11.4 Å². The number of aryl methyl sites for hydroxylation is 2. The van der Waals surface area contributed by atoms with E-state index in [0.29, 0.717) is 11.4 Å². The molecule has 118 valence electrons. The highest BCUT2D eigenvalue weighted by Crippen LogP contribution is 2.22. The fraction of sp³-hybridized carbons (Fsp3) is 0.733. The zero-order valence-corrected chi connectivity index (χ0v) is 13.6. The molecule has 0 radical (unpaired) electrons. The summed E-state index contributed by atoms with van der Waals surface area (Å²) in [6, 6.07) is 0.240. The molecule has 0 aromatic carbocycles. The van der Waals surface area contributed by atoms with Crippen LogP contribution in [-0.2, 0) is 13.5 Å². The Labute approximate surface area is 126 Å². The average Bonchev–Trinajstić information content (AvgIpc) is 2.62. The summed E-state index contributed by atoms with van der Waals surface area (Å²) in [5, 5.41) is 4.37. The Bertz CT molecular complexity index is 510. The van der Waals surface area contributed by atoms with Gasteiger partial charge in [0.15, 0.2) is 0 Å². The number of rotatable bonds is 3. The molecule has 0 spiro atoms. The van der Waals surface area contributed by atoms with Crippen molar-refractivity contribution in [3.8, 4) is 0 Å². The summed E-state index contributed by atoms with van der Waals surface area (Å²) in [5.41, 5.74) is 8.02. The molecule has 1 saturated heterocycles. The second-order valence-electron chi connectivity index (χ2n) is 5.86. The summed E-state index contributed by atoms with van der Waals surface area (Å²) in [6.07, 6.45) is 2.69. The molecule has 0 saturated carbocycles. The van der Waals surface area contributed by atoms with Crippen LogP contribution in [0.1, 0.15) is 42.9 Å². The molecule has 2 N–H and O–H groups in total. The molecule has 1 atom stereocenters. The second-order valence-corrected chi connectivity index (χ2v) is 5.86. The van der Waals surface area contributed by atoms with Crippen LogP contribution in [0, 0.1) is 0 Å². The van der Waals surface area contributed by atoms with E-state index in [2.05, 4.69) is 24.0 Å². The van der Waals surface area contributed by atoms with E-state index in [1.807, 2.05) is 11.8 Å². The third-order valence-electron chi connectivity index (χ3n) is 4.33. The van der Waals surface area contributed by atoms with Crippen molar-refractivity contribution >= 4 is 11.6 Å². The Hall–Kier alpha value is -1.56. The Kier molecular flexibility index (Phi) is 4.88. The molecular formula is C15H27N5O. The van der Waals surface area contributed by atoms with Gasteiger partial charge in [-0.15, -0.1) is 0 Å². The molecule has 6 heteroatoms. The number of aromatic nitrogens is 2. The Balaban J connectivity index is 2.31. The van der Waals surface area contributed by atoms with Gasteiger partial charge in [0, 0.05) is 26.2 Å². The second kappa shape index (κ2) is 6.47. The SMILES string of the molecule is CCc1nn(C)c(C(=O)N2CCCN(C)CC2CC)c1N. The number of nitrogen functional groups attached to an aromatic ring is 1. The smallest absolute Gasteiger partial charge is 0.274 e. The predicted octanol–water partition coefficient (Wildman–Crippen LogP) is 1.12. The molecule has 21 heavy (non-hydrogen) atoms. The van der Waals surface area contributed by atoms with Crippen LogP contribution >= 0.6 is 0 Å². The van der Waals surface area contributed by atoms with E-state index in [-0.39, 0.29) is 11.9 Å². The van der Waals surface area contributed by atoms with Crippen LogP contribution in [0.4, 0.5) is 5.69 Å². The number of hydrogen-bond donors (Lipinski definition) is 1. The standard InChI is InChI=1S/C15H27N5O/c1-5-11-10-18(3)8-7-9-20(11)15(21)14-13(16)12(6-2)17-19(14)4/h11H,5-10,16H2,1-4H3. The lowest BCUT2D eigenvalue weighted by atomic mass is 10.1. The average molecular weight is 293 g/mol. The highest BCUT2D eigenvalue weighted by molar-refractivity contribution is 5.98. The summed E-state index contributed by atoms with van der Waals surface area (Å²) in [6.45, 7) is 6.87. The van der Waals surface area contributed by atoms with Gasteiger partial charge in [-0.3, -0.25) is 9.48 Å². The number of anilines is 1. The van der Waals surface area contributed by atoms with Crippen molar-refractivity contribution in [2.24, 2.45) is 7.05 Å². The summed E-state index contributed by atoms with van der Waals surface area (Å²) in [5.74, 6) is 0.0179. The molecule has 6 nitrogen and oxygen atoms in total. The van der Waals surface area contributed by atoms with E-state index in [1.54, 1.807) is 11.7 Å². The first-order valence-corrected chi connectivity index (χ1v) is 7.80. The Morgan fingerprint density at radius 3 is 2.62 bits per heavy atom. The van der Waals surface area contributed by atoms with Crippen molar-refractivity contribution in [2.75, 3.05) is 32.4 Å². The normalized spacial score (nSPS) is 20.6. The maximum absolute atomic E-state index is 13.0. The van der Waals surface area contributed by atoms with Crippen molar-refractivity contribution in [1.29, 1.82) is 0 Å². The third-order valence-corrected chi connectivity index (χ3v) is 4.33. The first kappa shape index (κ1) is 15.8. The van der Waals surface area contributed by atoms with Gasteiger partial charge in [0.25, 0.3) is 5.91 Å². The van der Waals surface area contributed by atoms with Crippen LogP contribution in [0.15, 0.2) is 0 Å². The van der Waals surface area contributed by atoms with Crippen molar-refractivity contribution in [3.63, 3.8) is 0 Å². The Morgan fingerprint density at radius 1 is 1.33 bits per heavy atom. The maximum Gasteiger partial charge on any atom is 0.274 e. The quantitative estimate of drug-likeness (QED) is 0.907. The van der Waals surface area contributed by atoms with Gasteiger partial charge in [-0.2, -0.15) is 5.10 Å². The van der Waals surface area contributed by atoms with Gasteiger partial charge >= 0.3 is 0 Å². The van der Waals surface area contributed by atoms with Crippen molar-refractivity contribution in [1.82, 2.24) is 19.6 Å². The van der Waals surface area contributed by atoms with Gasteiger partial charge in [-0.05, 0) is 32.9 Å². The predicted molar refractivity (Wildman–Crippen MR) is 84.2 cm³/mol. The molecule has 2 rings (SSSR count). The van der Waals surface area contributed by atoms with Gasteiger partial charge in [-0.25, -0.2) is 0 Å². The molecule has 0 bridgehead atoms. The minimum Gasteiger partial charge on any atom is -0.395 e. The molecular weight excluding hydrogens is 266 g/mol. The Morgan fingerprint density at radius 2 is 2.05 bits per heavy atom. The molecule has 1 aromatic heterocycles. The lowest BCUT2D eigenvalue weighted by Gasteiger charge is -2.30. The summed E-state index contributed by atoms with van der Waals surface area (Å²) >= 11 is 0. The topological polar surface area (TPSA) is 67.4 Å². The monoisotopic (exact) mass is 293 g/mol. The number of amides is 1. The first-order chi connectivity index (χ1) is 9.99. The molecule has 1 fully saturated rings. The van der Waals surface area contributed by atoms with E-state index in [4.69, 9.17) is 5.73 Å². The molecule has 1 unspecified atom stereocenters. The van der Waals surface area contributed by atoms with Gasteiger partial charge in [0.2, 0.25) is 0 Å².